The van der Waals surface area contributed by atoms with Crippen LogP contribution in [0.2, 0.25) is 0 Å². The first-order chi connectivity index (χ1) is 18.4. The van der Waals surface area contributed by atoms with E-state index in [9.17, 15) is 40.0 Å². The van der Waals surface area contributed by atoms with Gasteiger partial charge in [0.25, 0.3) is 6.43 Å². The summed E-state index contributed by atoms with van der Waals surface area (Å²) in [7, 11) is -3.32. The smallest absolute Gasteiger partial charge is 0.417 e. The molecule has 0 aromatic carbocycles. The van der Waals surface area contributed by atoms with Crippen molar-refractivity contribution < 1.29 is 39.5 Å². The fourth-order valence-corrected chi connectivity index (χ4v) is 4.66. The predicted octanol–water partition coefficient (Wildman–Crippen LogP) is 3.66. The van der Waals surface area contributed by atoms with Crippen molar-refractivity contribution in [1.82, 2.24) is 29.2 Å². The van der Waals surface area contributed by atoms with Gasteiger partial charge in [-0.05, 0) is 18.2 Å². The highest BCUT2D eigenvalue weighted by Gasteiger charge is 2.33. The molecular weight excluding hydrogens is 556 g/mol. The van der Waals surface area contributed by atoms with Gasteiger partial charge in [-0.1, -0.05) is 0 Å². The van der Waals surface area contributed by atoms with Crippen LogP contribution in [0.25, 0.3) is 28.4 Å². The molecule has 4 rings (SSSR count). The molecule has 0 saturated carbocycles. The van der Waals surface area contributed by atoms with E-state index in [1.54, 1.807) is 0 Å². The van der Waals surface area contributed by atoms with Crippen LogP contribution in [-0.4, -0.2) is 59.2 Å². The Kier molecular flexibility index (Phi) is 7.44. The van der Waals surface area contributed by atoms with E-state index in [2.05, 4.69) is 19.9 Å². The number of rotatable bonds is 8. The number of fused-ring (bicyclic) bond motifs is 1. The fraction of sp³-hybridized carbons (Fsp3) is 0.227. The lowest BCUT2D eigenvalue weighted by molar-refractivity contribution is -0.137. The van der Waals surface area contributed by atoms with Crippen LogP contribution in [-0.2, 0) is 16.2 Å². The number of hydrogen-bond acceptors (Lipinski definition) is 8. The topological polar surface area (TPSA) is 136 Å². The molecule has 4 aromatic rings. The number of methoxy groups -OCH3 is 1. The Labute approximate surface area is 216 Å². The number of hydrogen-bond donors (Lipinski definition) is 1. The first-order valence-electron chi connectivity index (χ1n) is 10.6. The highest BCUT2D eigenvalue weighted by atomic mass is 32.2. The molecule has 0 unspecified atom stereocenters. The number of alkyl halides is 6. The van der Waals surface area contributed by atoms with E-state index in [1.165, 1.54) is 24.1 Å². The van der Waals surface area contributed by atoms with E-state index < -0.39 is 45.8 Å². The summed E-state index contributed by atoms with van der Waals surface area (Å²) in [5.74, 6) is -0.0915. The molecule has 0 spiro atoms. The first kappa shape index (κ1) is 27.7. The Morgan fingerprint density at radius 1 is 1.15 bits per heavy atom. The van der Waals surface area contributed by atoms with Crippen LogP contribution in [0.5, 0.6) is 5.88 Å². The highest BCUT2D eigenvalue weighted by molar-refractivity contribution is 7.89. The van der Waals surface area contributed by atoms with Crippen LogP contribution in [0, 0.1) is 11.3 Å². The number of halogens is 6. The quantitative estimate of drug-likeness (QED) is 0.317. The van der Waals surface area contributed by atoms with E-state index in [1.807, 2.05) is 6.07 Å². The molecule has 4 aromatic heterocycles. The number of nitrogens with one attached hydrogen (secondary N) is 1. The summed E-state index contributed by atoms with van der Waals surface area (Å²) in [6.07, 6.45) is -5.50. The van der Waals surface area contributed by atoms with Gasteiger partial charge in [0.1, 0.15) is 29.3 Å². The standard InChI is InChI=1S/C22H15F6N7O3S/c1-38-17-4-5-30-21(33-17)35-18(14(8-29)13-6-11(22(26,27)28)9-32-20(13)35)15-3-2-12(10-31-15)39(36,37)34-16(7-23)19(24)25/h2-6,9-10,16,19,34H,7H2,1H3/t16-/m0/s1. The van der Waals surface area contributed by atoms with Crippen molar-refractivity contribution in [2.75, 3.05) is 13.8 Å². The third kappa shape index (κ3) is 5.33. The number of nitrogens with zero attached hydrogens (tertiary/aromatic N) is 6. The molecule has 39 heavy (non-hydrogen) atoms. The number of nitriles is 1. The van der Waals surface area contributed by atoms with Crippen molar-refractivity contribution in [2.45, 2.75) is 23.5 Å². The Balaban J connectivity index is 1.94. The average Bonchev–Trinajstić information content (AvgIpc) is 3.24. The third-order valence-corrected chi connectivity index (χ3v) is 6.82. The number of pyridine rings is 2. The van der Waals surface area contributed by atoms with Gasteiger partial charge in [-0.3, -0.25) is 9.55 Å². The zero-order chi connectivity index (χ0) is 28.5. The highest BCUT2D eigenvalue weighted by Crippen LogP contribution is 2.37. The molecule has 0 aliphatic heterocycles. The van der Waals surface area contributed by atoms with Crippen molar-refractivity contribution in [1.29, 1.82) is 5.26 Å². The monoisotopic (exact) mass is 571 g/mol. The summed E-state index contributed by atoms with van der Waals surface area (Å²) in [5, 5.41) is 9.69. The van der Waals surface area contributed by atoms with E-state index in [4.69, 9.17) is 4.74 Å². The molecule has 17 heteroatoms. The minimum Gasteiger partial charge on any atom is -0.481 e. The third-order valence-electron chi connectivity index (χ3n) is 5.34. The van der Waals surface area contributed by atoms with Crippen LogP contribution in [0.4, 0.5) is 26.3 Å². The van der Waals surface area contributed by atoms with Gasteiger partial charge >= 0.3 is 6.18 Å². The zero-order valence-electron chi connectivity index (χ0n) is 19.5. The summed E-state index contributed by atoms with van der Waals surface area (Å²) in [6.45, 7) is -1.67. The lowest BCUT2D eigenvalue weighted by Gasteiger charge is -2.14. The van der Waals surface area contributed by atoms with Crippen molar-refractivity contribution in [3.8, 4) is 29.3 Å². The maximum atomic E-state index is 13.4. The molecule has 0 amide bonds. The van der Waals surface area contributed by atoms with Crippen molar-refractivity contribution in [3.05, 3.63) is 54.0 Å². The second-order valence-corrected chi connectivity index (χ2v) is 9.47. The Morgan fingerprint density at radius 2 is 1.90 bits per heavy atom. The molecule has 204 valence electrons. The van der Waals surface area contributed by atoms with Gasteiger partial charge in [0, 0.05) is 30.0 Å². The van der Waals surface area contributed by atoms with Gasteiger partial charge in [-0.15, -0.1) is 0 Å². The molecule has 0 radical (unpaired) electrons. The zero-order valence-corrected chi connectivity index (χ0v) is 20.3. The summed E-state index contributed by atoms with van der Waals surface area (Å²) >= 11 is 0. The van der Waals surface area contributed by atoms with E-state index in [0.29, 0.717) is 12.3 Å². The normalized spacial score (nSPS) is 13.0. The molecule has 4 heterocycles. The minimum atomic E-state index is -4.78. The molecule has 0 aliphatic rings. The SMILES string of the molecule is COc1ccnc(-n2c(-c3ccc(S(=O)(=O)N[C@@H](CF)C(F)F)cn3)c(C#N)c3cc(C(F)(F)F)cnc32)n1. The van der Waals surface area contributed by atoms with Crippen molar-refractivity contribution >= 4 is 21.1 Å². The second kappa shape index (κ2) is 10.5. The molecule has 1 atom stereocenters. The van der Waals surface area contributed by atoms with Gasteiger partial charge in [-0.25, -0.2) is 31.6 Å². The maximum absolute atomic E-state index is 13.4. The lowest BCUT2D eigenvalue weighted by Crippen LogP contribution is -2.41. The molecule has 0 aliphatic carbocycles. The van der Waals surface area contributed by atoms with Crippen LogP contribution < -0.4 is 9.46 Å². The summed E-state index contributed by atoms with van der Waals surface area (Å²) < 4.78 is 111. The van der Waals surface area contributed by atoms with Crippen molar-refractivity contribution in [2.24, 2.45) is 0 Å². The van der Waals surface area contributed by atoms with Gasteiger partial charge < -0.3 is 4.74 Å². The Bertz CT molecular complexity index is 1670. The largest absolute Gasteiger partial charge is 0.481 e. The molecule has 0 fully saturated rings. The molecule has 0 saturated heterocycles. The molecule has 0 bridgehead atoms. The number of aromatic nitrogens is 5. The first-order valence-corrected chi connectivity index (χ1v) is 12.1. The van der Waals surface area contributed by atoms with Crippen LogP contribution in [0.3, 0.4) is 0 Å². The fourth-order valence-electron chi connectivity index (χ4n) is 3.52. The van der Waals surface area contributed by atoms with Gasteiger partial charge in [0.05, 0.1) is 29.6 Å². The number of ether oxygens (including phenoxy) is 1. The minimum absolute atomic E-state index is 0.0696. The van der Waals surface area contributed by atoms with E-state index in [0.717, 1.165) is 22.9 Å². The molecule has 1 N–H and O–H groups in total. The van der Waals surface area contributed by atoms with E-state index in [-0.39, 0.29) is 39.8 Å². The maximum Gasteiger partial charge on any atom is 0.417 e. The van der Waals surface area contributed by atoms with Crippen molar-refractivity contribution in [3.63, 3.8) is 0 Å². The van der Waals surface area contributed by atoms with Crippen LogP contribution >= 0.6 is 0 Å². The summed E-state index contributed by atoms with van der Waals surface area (Å²) in [5.41, 5.74) is -1.86. The Hall–Kier alpha value is -4.30. The second-order valence-electron chi connectivity index (χ2n) is 7.76. The molecule has 10 nitrogen and oxygen atoms in total. The van der Waals surface area contributed by atoms with Crippen LogP contribution in [0.15, 0.2) is 47.8 Å². The average molecular weight is 571 g/mol. The summed E-state index contributed by atoms with van der Waals surface area (Å²) in [6, 6.07) is 3.65. The number of sulfonamides is 1. The lowest BCUT2D eigenvalue weighted by atomic mass is 10.1. The molecular formula is C22H15F6N7O3S. The summed E-state index contributed by atoms with van der Waals surface area (Å²) in [4.78, 5) is 15.5. The predicted molar refractivity (Wildman–Crippen MR) is 122 cm³/mol. The van der Waals surface area contributed by atoms with E-state index >= 15 is 0 Å². The van der Waals surface area contributed by atoms with Gasteiger partial charge in [-0.2, -0.15) is 28.1 Å². The van der Waals surface area contributed by atoms with Gasteiger partial charge in [0.2, 0.25) is 21.9 Å². The van der Waals surface area contributed by atoms with Crippen LogP contribution in [0.1, 0.15) is 11.1 Å². The van der Waals surface area contributed by atoms with Gasteiger partial charge in [0.15, 0.2) is 0 Å². The Morgan fingerprint density at radius 3 is 2.46 bits per heavy atom.